The summed E-state index contributed by atoms with van der Waals surface area (Å²) in [7, 11) is 2.30. The van der Waals surface area contributed by atoms with Gasteiger partial charge >= 0.3 is 0 Å². The molecule has 2 fully saturated rings. The highest BCUT2D eigenvalue weighted by atomic mass is 15.1. The number of rotatable bonds is 5. The molecule has 0 spiro atoms. The van der Waals surface area contributed by atoms with Gasteiger partial charge in [0.15, 0.2) is 0 Å². The highest BCUT2D eigenvalue weighted by Crippen LogP contribution is 2.33. The van der Waals surface area contributed by atoms with Gasteiger partial charge in [-0.2, -0.15) is 0 Å². The lowest BCUT2D eigenvalue weighted by Gasteiger charge is -2.36. The van der Waals surface area contributed by atoms with E-state index >= 15 is 0 Å². The molecule has 0 bridgehead atoms. The van der Waals surface area contributed by atoms with Crippen LogP contribution >= 0.6 is 0 Å². The lowest BCUT2D eigenvalue weighted by molar-refractivity contribution is 0.135. The average Bonchev–Trinajstić information content (AvgIpc) is 3.10. The van der Waals surface area contributed by atoms with Crippen molar-refractivity contribution in [2.45, 2.75) is 64.0 Å². The molecule has 0 aromatic carbocycles. The Morgan fingerprint density at radius 1 is 1.19 bits per heavy atom. The quantitative estimate of drug-likeness (QED) is 0.778. The molecule has 3 atom stereocenters. The van der Waals surface area contributed by atoms with Gasteiger partial charge in [-0.25, -0.2) is 0 Å². The zero-order valence-electron chi connectivity index (χ0n) is 11.0. The largest absolute Gasteiger partial charge is 0.327 e. The predicted octanol–water partition coefficient (Wildman–Crippen LogP) is 2.62. The molecule has 16 heavy (non-hydrogen) atoms. The van der Waals surface area contributed by atoms with Gasteiger partial charge in [-0.3, -0.25) is 0 Å². The van der Waals surface area contributed by atoms with Crippen LogP contribution in [0, 0.1) is 11.8 Å². The average molecular weight is 224 g/mol. The van der Waals surface area contributed by atoms with Gasteiger partial charge < -0.3 is 10.6 Å². The van der Waals surface area contributed by atoms with Gasteiger partial charge in [0.25, 0.3) is 0 Å². The van der Waals surface area contributed by atoms with Crippen molar-refractivity contribution in [2.75, 3.05) is 13.6 Å². The van der Waals surface area contributed by atoms with Crippen molar-refractivity contribution in [3.05, 3.63) is 0 Å². The zero-order valence-corrected chi connectivity index (χ0v) is 11.0. The summed E-state index contributed by atoms with van der Waals surface area (Å²) >= 11 is 0. The van der Waals surface area contributed by atoms with Crippen LogP contribution in [0.3, 0.4) is 0 Å². The molecule has 2 heteroatoms. The summed E-state index contributed by atoms with van der Waals surface area (Å²) < 4.78 is 0. The molecule has 0 aromatic heterocycles. The van der Waals surface area contributed by atoms with E-state index in [2.05, 4.69) is 18.9 Å². The number of nitrogens with zero attached hydrogens (tertiary/aromatic N) is 1. The Kier molecular flexibility index (Phi) is 4.26. The maximum absolute atomic E-state index is 6.16. The molecule has 2 aliphatic carbocycles. The Bertz CT molecular complexity index is 213. The minimum absolute atomic E-state index is 0.473. The lowest BCUT2D eigenvalue weighted by atomic mass is 9.85. The molecule has 0 saturated heterocycles. The highest BCUT2D eigenvalue weighted by molar-refractivity contribution is 4.85. The molecule has 0 heterocycles. The van der Waals surface area contributed by atoms with Crippen molar-refractivity contribution in [1.29, 1.82) is 0 Å². The van der Waals surface area contributed by atoms with E-state index in [1.807, 2.05) is 0 Å². The van der Waals surface area contributed by atoms with E-state index in [-0.39, 0.29) is 0 Å². The molecule has 2 saturated carbocycles. The maximum Gasteiger partial charge on any atom is 0.0118 e. The SMILES string of the molecule is CC1CCCCC1N(C)CCC(N)C1CC1. The van der Waals surface area contributed by atoms with Gasteiger partial charge in [0.05, 0.1) is 0 Å². The first-order valence-electron chi connectivity index (χ1n) is 7.14. The molecular formula is C14H28N2. The van der Waals surface area contributed by atoms with Crippen molar-refractivity contribution >= 4 is 0 Å². The molecule has 0 amide bonds. The Morgan fingerprint density at radius 3 is 2.50 bits per heavy atom. The molecule has 2 nitrogen and oxygen atoms in total. The summed E-state index contributed by atoms with van der Waals surface area (Å²) in [5.41, 5.74) is 6.16. The molecule has 0 radical (unpaired) electrons. The Hall–Kier alpha value is -0.0800. The van der Waals surface area contributed by atoms with Crippen LogP contribution in [-0.4, -0.2) is 30.6 Å². The van der Waals surface area contributed by atoms with Crippen LogP contribution in [-0.2, 0) is 0 Å². The molecule has 2 aliphatic rings. The first-order valence-corrected chi connectivity index (χ1v) is 7.14. The van der Waals surface area contributed by atoms with Crippen molar-refractivity contribution in [2.24, 2.45) is 17.6 Å². The Morgan fingerprint density at radius 2 is 1.88 bits per heavy atom. The van der Waals surface area contributed by atoms with E-state index < -0.39 is 0 Å². The summed E-state index contributed by atoms with van der Waals surface area (Å²) in [6.45, 7) is 3.62. The van der Waals surface area contributed by atoms with E-state index in [4.69, 9.17) is 5.73 Å². The molecular weight excluding hydrogens is 196 g/mol. The summed E-state index contributed by atoms with van der Waals surface area (Å²) in [5.74, 6) is 1.74. The van der Waals surface area contributed by atoms with Crippen LogP contribution < -0.4 is 5.73 Å². The van der Waals surface area contributed by atoms with E-state index in [0.29, 0.717) is 6.04 Å². The van der Waals surface area contributed by atoms with E-state index in [0.717, 1.165) is 17.9 Å². The third-order valence-electron chi connectivity index (χ3n) is 4.68. The van der Waals surface area contributed by atoms with E-state index in [1.54, 1.807) is 0 Å². The van der Waals surface area contributed by atoms with Crippen LogP contribution in [0.1, 0.15) is 51.9 Å². The minimum Gasteiger partial charge on any atom is -0.327 e. The third kappa shape index (κ3) is 3.21. The fraction of sp³-hybridized carbons (Fsp3) is 1.00. The van der Waals surface area contributed by atoms with Crippen molar-refractivity contribution < 1.29 is 0 Å². The second kappa shape index (κ2) is 5.50. The number of nitrogens with two attached hydrogens (primary N) is 1. The van der Waals surface area contributed by atoms with Gasteiger partial charge in [-0.1, -0.05) is 19.8 Å². The standard InChI is InChI=1S/C14H28N2/c1-11-5-3-4-6-14(11)16(2)10-9-13(15)12-7-8-12/h11-14H,3-10,15H2,1-2H3. The van der Waals surface area contributed by atoms with Gasteiger partial charge in [0.2, 0.25) is 0 Å². The molecule has 0 aromatic rings. The van der Waals surface area contributed by atoms with Crippen LogP contribution in [0.25, 0.3) is 0 Å². The third-order valence-corrected chi connectivity index (χ3v) is 4.68. The van der Waals surface area contributed by atoms with Crippen LogP contribution in [0.5, 0.6) is 0 Å². The smallest absolute Gasteiger partial charge is 0.0118 e. The van der Waals surface area contributed by atoms with Gasteiger partial charge in [0.1, 0.15) is 0 Å². The number of hydrogen-bond donors (Lipinski definition) is 1. The number of hydrogen-bond acceptors (Lipinski definition) is 2. The summed E-state index contributed by atoms with van der Waals surface area (Å²) in [5, 5.41) is 0. The second-order valence-electron chi connectivity index (χ2n) is 6.10. The van der Waals surface area contributed by atoms with E-state index in [1.165, 1.54) is 51.5 Å². The fourth-order valence-electron chi connectivity index (χ4n) is 3.23. The topological polar surface area (TPSA) is 29.3 Å². The summed E-state index contributed by atoms with van der Waals surface area (Å²) in [6, 6.07) is 1.29. The highest BCUT2D eigenvalue weighted by Gasteiger charge is 2.29. The summed E-state index contributed by atoms with van der Waals surface area (Å²) in [6.07, 6.45) is 9.64. The first-order chi connectivity index (χ1) is 7.68. The van der Waals surface area contributed by atoms with Crippen molar-refractivity contribution in [1.82, 2.24) is 4.90 Å². The lowest BCUT2D eigenvalue weighted by Crippen LogP contribution is -2.41. The molecule has 2 rings (SSSR count). The molecule has 0 aliphatic heterocycles. The maximum atomic E-state index is 6.16. The van der Waals surface area contributed by atoms with Gasteiger partial charge in [-0.15, -0.1) is 0 Å². The molecule has 3 unspecified atom stereocenters. The summed E-state index contributed by atoms with van der Waals surface area (Å²) in [4.78, 5) is 2.58. The molecule has 2 N–H and O–H groups in total. The van der Waals surface area contributed by atoms with Gasteiger partial charge in [0, 0.05) is 12.1 Å². The second-order valence-corrected chi connectivity index (χ2v) is 6.10. The normalized spacial score (nSPS) is 33.0. The van der Waals surface area contributed by atoms with Crippen molar-refractivity contribution in [3.8, 4) is 0 Å². The first kappa shape index (κ1) is 12.4. The Balaban J connectivity index is 1.70. The van der Waals surface area contributed by atoms with Crippen LogP contribution in [0.2, 0.25) is 0 Å². The monoisotopic (exact) mass is 224 g/mol. The van der Waals surface area contributed by atoms with Crippen LogP contribution in [0.4, 0.5) is 0 Å². The fourth-order valence-corrected chi connectivity index (χ4v) is 3.23. The van der Waals surface area contributed by atoms with Crippen molar-refractivity contribution in [3.63, 3.8) is 0 Å². The minimum atomic E-state index is 0.473. The zero-order chi connectivity index (χ0) is 11.5. The molecule has 94 valence electrons. The van der Waals surface area contributed by atoms with Crippen LogP contribution in [0.15, 0.2) is 0 Å². The van der Waals surface area contributed by atoms with Gasteiger partial charge in [-0.05, 0) is 57.5 Å². The predicted molar refractivity (Wildman–Crippen MR) is 69.4 cm³/mol. The Labute approximate surface area is 101 Å². The van der Waals surface area contributed by atoms with E-state index in [9.17, 15) is 0 Å².